The van der Waals surface area contributed by atoms with Crippen LogP contribution < -0.4 is 5.32 Å². The van der Waals surface area contributed by atoms with E-state index in [1.54, 1.807) is 0 Å². The molecule has 0 aliphatic heterocycles. The summed E-state index contributed by atoms with van der Waals surface area (Å²) in [6, 6.07) is 2.81. The molecule has 1 rings (SSSR count). The Morgan fingerprint density at radius 3 is 2.50 bits per heavy atom. The SMILES string of the molecule is CCCNC(CCC)c1ccn(CCN(CC)CC)c1. The molecule has 0 saturated carbocycles. The molecule has 1 heterocycles. The molecule has 20 heavy (non-hydrogen) atoms. The van der Waals surface area contributed by atoms with Crippen molar-refractivity contribution in [3.05, 3.63) is 24.0 Å². The first-order valence-electron chi connectivity index (χ1n) is 8.36. The van der Waals surface area contributed by atoms with Crippen molar-refractivity contribution in [2.75, 3.05) is 26.2 Å². The van der Waals surface area contributed by atoms with Crippen molar-refractivity contribution in [2.24, 2.45) is 0 Å². The van der Waals surface area contributed by atoms with Crippen molar-refractivity contribution in [3.63, 3.8) is 0 Å². The van der Waals surface area contributed by atoms with Gasteiger partial charge >= 0.3 is 0 Å². The van der Waals surface area contributed by atoms with Gasteiger partial charge in [-0.15, -0.1) is 0 Å². The van der Waals surface area contributed by atoms with Crippen LogP contribution in [0.1, 0.15) is 58.6 Å². The zero-order valence-electron chi connectivity index (χ0n) is 13.9. The standard InChI is InChI=1S/C17H33N3/c1-5-9-17(18-11-6-2)16-10-12-20(15-16)14-13-19(7-3)8-4/h10,12,15,17-18H,5-9,11,13-14H2,1-4H3. The monoisotopic (exact) mass is 279 g/mol. The van der Waals surface area contributed by atoms with Crippen LogP contribution in [-0.2, 0) is 6.54 Å². The molecule has 0 bridgehead atoms. The molecule has 116 valence electrons. The highest BCUT2D eigenvalue weighted by Gasteiger charge is 2.11. The van der Waals surface area contributed by atoms with Crippen LogP contribution in [-0.4, -0.2) is 35.6 Å². The highest BCUT2D eigenvalue weighted by Crippen LogP contribution is 2.19. The molecular formula is C17H33N3. The first-order chi connectivity index (χ1) is 9.74. The predicted octanol–water partition coefficient (Wildman–Crippen LogP) is 3.67. The smallest absolute Gasteiger partial charge is 0.0347 e. The van der Waals surface area contributed by atoms with Crippen molar-refractivity contribution >= 4 is 0 Å². The minimum Gasteiger partial charge on any atom is -0.353 e. The van der Waals surface area contributed by atoms with E-state index >= 15 is 0 Å². The van der Waals surface area contributed by atoms with E-state index in [-0.39, 0.29) is 0 Å². The van der Waals surface area contributed by atoms with Crippen LogP contribution in [0.4, 0.5) is 0 Å². The van der Waals surface area contributed by atoms with Gasteiger partial charge < -0.3 is 14.8 Å². The Hall–Kier alpha value is -0.800. The summed E-state index contributed by atoms with van der Waals surface area (Å²) in [4.78, 5) is 2.47. The maximum atomic E-state index is 3.66. The third kappa shape index (κ3) is 5.68. The van der Waals surface area contributed by atoms with Gasteiger partial charge in [0.05, 0.1) is 0 Å². The summed E-state index contributed by atoms with van der Waals surface area (Å²) in [5.41, 5.74) is 1.44. The molecule has 1 N–H and O–H groups in total. The number of aromatic nitrogens is 1. The molecular weight excluding hydrogens is 246 g/mol. The van der Waals surface area contributed by atoms with E-state index in [0.29, 0.717) is 6.04 Å². The van der Waals surface area contributed by atoms with Crippen LogP contribution in [0.2, 0.25) is 0 Å². The summed E-state index contributed by atoms with van der Waals surface area (Å²) in [6.45, 7) is 14.6. The summed E-state index contributed by atoms with van der Waals surface area (Å²) in [5.74, 6) is 0. The minimum atomic E-state index is 0.523. The zero-order valence-corrected chi connectivity index (χ0v) is 13.9. The normalized spacial score (nSPS) is 13.1. The Morgan fingerprint density at radius 1 is 1.15 bits per heavy atom. The lowest BCUT2D eigenvalue weighted by Gasteiger charge is -2.18. The maximum absolute atomic E-state index is 3.66. The van der Waals surface area contributed by atoms with Crippen LogP contribution >= 0.6 is 0 Å². The first-order valence-corrected chi connectivity index (χ1v) is 8.36. The molecule has 0 aliphatic carbocycles. The summed E-state index contributed by atoms with van der Waals surface area (Å²) in [7, 11) is 0. The van der Waals surface area contributed by atoms with E-state index in [2.05, 4.69) is 60.9 Å². The van der Waals surface area contributed by atoms with Gasteiger partial charge in [0.25, 0.3) is 0 Å². The van der Waals surface area contributed by atoms with E-state index in [1.165, 1.54) is 24.8 Å². The van der Waals surface area contributed by atoms with Crippen molar-refractivity contribution in [2.45, 2.75) is 59.5 Å². The van der Waals surface area contributed by atoms with Gasteiger partial charge in [0.15, 0.2) is 0 Å². The molecule has 0 saturated heterocycles. The lowest BCUT2D eigenvalue weighted by molar-refractivity contribution is 0.290. The van der Waals surface area contributed by atoms with Crippen molar-refractivity contribution in [1.82, 2.24) is 14.8 Å². The van der Waals surface area contributed by atoms with Gasteiger partial charge in [-0.3, -0.25) is 0 Å². The molecule has 3 heteroatoms. The average molecular weight is 279 g/mol. The molecule has 1 aromatic rings. The Labute approximate surface area is 125 Å². The molecule has 1 aromatic heterocycles. The van der Waals surface area contributed by atoms with Gasteiger partial charge in [0, 0.05) is 31.5 Å². The quantitative estimate of drug-likeness (QED) is 0.667. The number of hydrogen-bond donors (Lipinski definition) is 1. The van der Waals surface area contributed by atoms with Gasteiger partial charge in [0.1, 0.15) is 0 Å². The lowest BCUT2D eigenvalue weighted by atomic mass is 10.1. The summed E-state index contributed by atoms with van der Waals surface area (Å²) < 4.78 is 2.34. The van der Waals surface area contributed by atoms with Crippen molar-refractivity contribution in [3.8, 4) is 0 Å². The second-order valence-electron chi connectivity index (χ2n) is 5.50. The number of rotatable bonds is 11. The second kappa shape index (κ2) is 10.0. The Balaban J connectivity index is 2.54. The maximum Gasteiger partial charge on any atom is 0.0347 e. The number of hydrogen-bond acceptors (Lipinski definition) is 2. The zero-order chi connectivity index (χ0) is 14.8. The molecule has 0 aliphatic rings. The van der Waals surface area contributed by atoms with Crippen LogP contribution in [0.15, 0.2) is 18.5 Å². The molecule has 0 spiro atoms. The first kappa shape index (κ1) is 17.3. The fraction of sp³-hybridized carbons (Fsp3) is 0.765. The number of likely N-dealkylation sites (N-methyl/N-ethyl adjacent to an activating group) is 1. The summed E-state index contributed by atoms with van der Waals surface area (Å²) in [5, 5.41) is 3.66. The predicted molar refractivity (Wildman–Crippen MR) is 88.2 cm³/mol. The highest BCUT2D eigenvalue weighted by atomic mass is 15.1. The average Bonchev–Trinajstić information content (AvgIpc) is 2.93. The minimum absolute atomic E-state index is 0.523. The van der Waals surface area contributed by atoms with E-state index in [0.717, 1.165) is 32.7 Å². The van der Waals surface area contributed by atoms with Gasteiger partial charge in [0.2, 0.25) is 0 Å². The molecule has 0 fully saturated rings. The van der Waals surface area contributed by atoms with Crippen molar-refractivity contribution < 1.29 is 0 Å². The molecule has 1 atom stereocenters. The van der Waals surface area contributed by atoms with Crippen LogP contribution in [0.5, 0.6) is 0 Å². The van der Waals surface area contributed by atoms with Gasteiger partial charge in [-0.1, -0.05) is 34.1 Å². The highest BCUT2D eigenvalue weighted by molar-refractivity contribution is 5.15. The fourth-order valence-electron chi connectivity index (χ4n) is 2.60. The van der Waals surface area contributed by atoms with Gasteiger partial charge in [-0.25, -0.2) is 0 Å². The Morgan fingerprint density at radius 2 is 1.90 bits per heavy atom. The summed E-state index contributed by atoms with van der Waals surface area (Å²) in [6.07, 6.45) is 8.20. The fourth-order valence-corrected chi connectivity index (χ4v) is 2.60. The molecule has 0 aromatic carbocycles. The summed E-state index contributed by atoms with van der Waals surface area (Å²) >= 11 is 0. The lowest BCUT2D eigenvalue weighted by Crippen LogP contribution is -2.26. The molecule has 1 unspecified atom stereocenters. The second-order valence-corrected chi connectivity index (χ2v) is 5.50. The molecule has 3 nitrogen and oxygen atoms in total. The van der Waals surface area contributed by atoms with Crippen molar-refractivity contribution in [1.29, 1.82) is 0 Å². The Bertz CT molecular complexity index is 342. The van der Waals surface area contributed by atoms with E-state index in [1.807, 2.05) is 0 Å². The van der Waals surface area contributed by atoms with E-state index in [4.69, 9.17) is 0 Å². The third-order valence-corrected chi connectivity index (χ3v) is 3.96. The van der Waals surface area contributed by atoms with Crippen LogP contribution in [0.25, 0.3) is 0 Å². The van der Waals surface area contributed by atoms with E-state index in [9.17, 15) is 0 Å². The topological polar surface area (TPSA) is 20.2 Å². The number of nitrogens with one attached hydrogen (secondary N) is 1. The molecule has 0 radical (unpaired) electrons. The van der Waals surface area contributed by atoms with Gasteiger partial charge in [-0.2, -0.15) is 0 Å². The largest absolute Gasteiger partial charge is 0.353 e. The number of nitrogens with zero attached hydrogens (tertiary/aromatic N) is 2. The van der Waals surface area contributed by atoms with E-state index < -0.39 is 0 Å². The van der Waals surface area contributed by atoms with Crippen LogP contribution in [0, 0.1) is 0 Å². The molecule has 0 amide bonds. The van der Waals surface area contributed by atoms with Crippen LogP contribution in [0.3, 0.4) is 0 Å². The van der Waals surface area contributed by atoms with Gasteiger partial charge in [-0.05, 0) is 44.1 Å². The third-order valence-electron chi connectivity index (χ3n) is 3.96. The Kier molecular flexibility index (Phi) is 8.63.